The van der Waals surface area contributed by atoms with Crippen LogP contribution in [0.1, 0.15) is 41.6 Å². The number of aryl methyl sites for hydroxylation is 1. The van der Waals surface area contributed by atoms with E-state index in [1.54, 1.807) is 0 Å². The zero-order valence-corrected chi connectivity index (χ0v) is 18.9. The summed E-state index contributed by atoms with van der Waals surface area (Å²) >= 11 is 1.40. The van der Waals surface area contributed by atoms with E-state index >= 15 is 0 Å². The molecule has 2 amide bonds. The van der Waals surface area contributed by atoms with Crippen molar-refractivity contribution < 1.29 is 9.59 Å². The fraction of sp³-hybridized carbons (Fsp3) is 0.524. The minimum atomic E-state index is -0.297. The molecule has 0 saturated carbocycles. The number of nitrogens with one attached hydrogen (secondary N) is 1. The maximum absolute atomic E-state index is 12.5. The number of piperazine rings is 1. The fourth-order valence-corrected chi connectivity index (χ4v) is 4.26. The highest BCUT2D eigenvalue weighted by atomic mass is 32.2. The van der Waals surface area contributed by atoms with E-state index in [4.69, 9.17) is 0 Å². The molecule has 0 unspecified atom stereocenters. The van der Waals surface area contributed by atoms with Crippen molar-refractivity contribution in [3.63, 3.8) is 0 Å². The number of benzene rings is 1. The van der Waals surface area contributed by atoms with Crippen LogP contribution in [0, 0.1) is 6.92 Å². The number of hydrogen-bond acceptors (Lipinski definition) is 6. The molecule has 1 saturated heterocycles. The molecular weight excluding hydrogens is 400 g/mol. The van der Waals surface area contributed by atoms with Crippen molar-refractivity contribution in [1.29, 1.82) is 0 Å². The maximum atomic E-state index is 12.5. The standard InChI is InChI=1S/C21H30N6O2S/c1-5-27-19(16(3)22-20(29)17-8-6-15(2)7-9-17)23-24-21(27)30-14-18(28)26-12-10-25(4)11-13-26/h6-9,16H,5,10-14H2,1-4H3,(H,22,29)/t16-/m1/s1. The van der Waals surface area contributed by atoms with Gasteiger partial charge in [0.25, 0.3) is 5.91 Å². The predicted molar refractivity (Wildman–Crippen MR) is 118 cm³/mol. The zero-order chi connectivity index (χ0) is 21.7. The number of likely N-dealkylation sites (N-methyl/N-ethyl adjacent to an activating group) is 1. The molecule has 0 spiro atoms. The van der Waals surface area contributed by atoms with Gasteiger partial charge in [-0.1, -0.05) is 29.5 Å². The van der Waals surface area contributed by atoms with Gasteiger partial charge in [0.05, 0.1) is 11.8 Å². The summed E-state index contributed by atoms with van der Waals surface area (Å²) in [6, 6.07) is 7.16. The summed E-state index contributed by atoms with van der Waals surface area (Å²) in [5.74, 6) is 1.01. The van der Waals surface area contributed by atoms with Gasteiger partial charge in [0.15, 0.2) is 11.0 Å². The molecule has 3 rings (SSSR count). The average molecular weight is 431 g/mol. The van der Waals surface area contributed by atoms with E-state index in [9.17, 15) is 9.59 Å². The Hall–Kier alpha value is -2.39. The molecule has 8 nitrogen and oxygen atoms in total. The number of carbonyl (C=O) groups is 2. The summed E-state index contributed by atoms with van der Waals surface area (Å²) in [7, 11) is 2.07. The average Bonchev–Trinajstić information content (AvgIpc) is 3.16. The van der Waals surface area contributed by atoms with Crippen molar-refractivity contribution in [3.8, 4) is 0 Å². The van der Waals surface area contributed by atoms with Gasteiger partial charge in [-0.05, 0) is 40.0 Å². The van der Waals surface area contributed by atoms with Crippen LogP contribution in [-0.2, 0) is 11.3 Å². The van der Waals surface area contributed by atoms with Gasteiger partial charge < -0.3 is 19.7 Å². The first-order chi connectivity index (χ1) is 14.4. The first-order valence-electron chi connectivity index (χ1n) is 10.3. The third-order valence-corrected chi connectivity index (χ3v) is 6.24. The highest BCUT2D eigenvalue weighted by Crippen LogP contribution is 2.21. The molecule has 1 aliphatic rings. The first-order valence-corrected chi connectivity index (χ1v) is 11.3. The molecular formula is C21H30N6O2S. The Morgan fingerprint density at radius 3 is 2.43 bits per heavy atom. The van der Waals surface area contributed by atoms with Crippen molar-refractivity contribution in [2.24, 2.45) is 0 Å². The molecule has 9 heteroatoms. The van der Waals surface area contributed by atoms with E-state index in [2.05, 4.69) is 27.5 Å². The predicted octanol–water partition coefficient (Wildman–Crippen LogP) is 1.96. The molecule has 2 heterocycles. The number of rotatable bonds is 7. The second kappa shape index (κ2) is 10.1. The maximum Gasteiger partial charge on any atom is 0.251 e. The molecule has 2 aromatic rings. The first kappa shape index (κ1) is 22.3. The van der Waals surface area contributed by atoms with Crippen LogP contribution < -0.4 is 5.32 Å². The van der Waals surface area contributed by atoms with Gasteiger partial charge in [0.1, 0.15) is 0 Å². The Bertz CT molecular complexity index is 874. The summed E-state index contributed by atoms with van der Waals surface area (Å²) in [5, 5.41) is 12.3. The number of aromatic nitrogens is 3. The Labute approximate surface area is 182 Å². The summed E-state index contributed by atoms with van der Waals surface area (Å²) in [4.78, 5) is 29.2. The molecule has 1 aliphatic heterocycles. The molecule has 1 fully saturated rings. The van der Waals surface area contributed by atoms with E-state index in [0.29, 0.717) is 28.8 Å². The lowest BCUT2D eigenvalue weighted by Crippen LogP contribution is -2.47. The Balaban J connectivity index is 1.61. The Morgan fingerprint density at radius 2 is 1.80 bits per heavy atom. The normalized spacial score (nSPS) is 15.8. The molecule has 162 valence electrons. The zero-order valence-electron chi connectivity index (χ0n) is 18.1. The summed E-state index contributed by atoms with van der Waals surface area (Å²) in [6.45, 7) is 9.90. The third kappa shape index (κ3) is 5.40. The summed E-state index contributed by atoms with van der Waals surface area (Å²) in [6.07, 6.45) is 0. The Kier molecular flexibility index (Phi) is 7.49. The molecule has 30 heavy (non-hydrogen) atoms. The van der Waals surface area contributed by atoms with Crippen LogP contribution in [0.2, 0.25) is 0 Å². The number of hydrogen-bond donors (Lipinski definition) is 1. The smallest absolute Gasteiger partial charge is 0.251 e. The molecule has 1 atom stereocenters. The monoisotopic (exact) mass is 430 g/mol. The molecule has 1 aromatic carbocycles. The second-order valence-electron chi connectivity index (χ2n) is 7.62. The fourth-order valence-electron chi connectivity index (χ4n) is 3.35. The van der Waals surface area contributed by atoms with Crippen molar-refractivity contribution in [2.45, 2.75) is 38.5 Å². The highest BCUT2D eigenvalue weighted by Gasteiger charge is 2.22. The lowest BCUT2D eigenvalue weighted by atomic mass is 10.1. The van der Waals surface area contributed by atoms with Crippen LogP contribution in [0.3, 0.4) is 0 Å². The van der Waals surface area contributed by atoms with Crippen LogP contribution in [0.4, 0.5) is 0 Å². The number of nitrogens with zero attached hydrogens (tertiary/aromatic N) is 5. The minimum absolute atomic E-state index is 0.126. The largest absolute Gasteiger partial charge is 0.342 e. The minimum Gasteiger partial charge on any atom is -0.342 e. The van der Waals surface area contributed by atoms with E-state index in [-0.39, 0.29) is 17.9 Å². The number of amides is 2. The summed E-state index contributed by atoms with van der Waals surface area (Å²) in [5.41, 5.74) is 1.72. The van der Waals surface area contributed by atoms with E-state index in [1.165, 1.54) is 11.8 Å². The van der Waals surface area contributed by atoms with Crippen LogP contribution in [0.5, 0.6) is 0 Å². The van der Waals surface area contributed by atoms with Crippen molar-refractivity contribution in [3.05, 3.63) is 41.2 Å². The lowest BCUT2D eigenvalue weighted by Gasteiger charge is -2.32. The van der Waals surface area contributed by atoms with Gasteiger partial charge in [0, 0.05) is 38.3 Å². The van der Waals surface area contributed by atoms with E-state index in [1.807, 2.05) is 54.5 Å². The number of thioether (sulfide) groups is 1. The van der Waals surface area contributed by atoms with Gasteiger partial charge in [-0.3, -0.25) is 9.59 Å². The van der Waals surface area contributed by atoms with Crippen LogP contribution in [0.25, 0.3) is 0 Å². The third-order valence-electron chi connectivity index (χ3n) is 5.29. The SMILES string of the molecule is CCn1c(SCC(=O)N2CCN(C)CC2)nnc1[C@@H](C)NC(=O)c1ccc(C)cc1. The molecule has 0 bridgehead atoms. The quantitative estimate of drug-likeness (QED) is 0.676. The van der Waals surface area contributed by atoms with Crippen molar-refractivity contribution >= 4 is 23.6 Å². The Morgan fingerprint density at radius 1 is 1.13 bits per heavy atom. The molecule has 1 aromatic heterocycles. The van der Waals surface area contributed by atoms with Gasteiger partial charge in [-0.15, -0.1) is 10.2 Å². The van der Waals surface area contributed by atoms with Crippen molar-refractivity contribution in [1.82, 2.24) is 29.9 Å². The van der Waals surface area contributed by atoms with E-state index < -0.39 is 0 Å². The van der Waals surface area contributed by atoms with Gasteiger partial charge in [0.2, 0.25) is 5.91 Å². The lowest BCUT2D eigenvalue weighted by molar-refractivity contribution is -0.129. The molecule has 0 aliphatic carbocycles. The molecule has 0 radical (unpaired) electrons. The van der Waals surface area contributed by atoms with E-state index in [0.717, 1.165) is 31.7 Å². The van der Waals surface area contributed by atoms with Crippen LogP contribution in [-0.4, -0.2) is 75.4 Å². The summed E-state index contributed by atoms with van der Waals surface area (Å²) < 4.78 is 1.96. The number of carbonyl (C=O) groups excluding carboxylic acids is 2. The van der Waals surface area contributed by atoms with Gasteiger partial charge >= 0.3 is 0 Å². The highest BCUT2D eigenvalue weighted by molar-refractivity contribution is 7.99. The van der Waals surface area contributed by atoms with Gasteiger partial charge in [-0.2, -0.15) is 0 Å². The topological polar surface area (TPSA) is 83.4 Å². The second-order valence-corrected chi connectivity index (χ2v) is 8.56. The van der Waals surface area contributed by atoms with Gasteiger partial charge in [-0.25, -0.2) is 0 Å². The van der Waals surface area contributed by atoms with Crippen LogP contribution in [0.15, 0.2) is 29.4 Å². The van der Waals surface area contributed by atoms with Crippen molar-refractivity contribution in [2.75, 3.05) is 39.0 Å². The molecule has 1 N–H and O–H groups in total. The van der Waals surface area contributed by atoms with Crippen LogP contribution >= 0.6 is 11.8 Å².